The van der Waals surface area contributed by atoms with Crippen LogP contribution in [0.2, 0.25) is 0 Å². The van der Waals surface area contributed by atoms with Crippen LogP contribution in [0.5, 0.6) is 11.5 Å². The second-order valence-electron chi connectivity index (χ2n) is 5.79. The van der Waals surface area contributed by atoms with Crippen molar-refractivity contribution in [1.29, 1.82) is 0 Å². The van der Waals surface area contributed by atoms with Gasteiger partial charge in [0, 0.05) is 5.56 Å². The molecule has 1 amide bonds. The van der Waals surface area contributed by atoms with E-state index in [1.807, 2.05) is 12.1 Å². The summed E-state index contributed by atoms with van der Waals surface area (Å²) >= 11 is 1.70. The predicted octanol–water partition coefficient (Wildman–Crippen LogP) is 1.94. The lowest BCUT2D eigenvalue weighted by atomic mass is 9.91. The molecule has 0 spiro atoms. The summed E-state index contributed by atoms with van der Waals surface area (Å²) in [5.74, 6) is 1.28. The molecule has 1 aromatic carbocycles. The Kier molecular flexibility index (Phi) is 4.71. The molecule has 3 rings (SSSR count). The van der Waals surface area contributed by atoms with E-state index in [-0.39, 0.29) is 6.61 Å². The van der Waals surface area contributed by atoms with Crippen molar-refractivity contribution < 1.29 is 24.2 Å². The summed E-state index contributed by atoms with van der Waals surface area (Å²) in [6.07, 6.45) is 2.58. The summed E-state index contributed by atoms with van der Waals surface area (Å²) < 4.78 is 10.9. The third-order valence-electron chi connectivity index (χ3n) is 4.33. The largest absolute Gasteiger partial charge is 0.493 e. The smallest absolute Gasteiger partial charge is 0.329 e. The molecule has 2 heterocycles. The van der Waals surface area contributed by atoms with Crippen molar-refractivity contribution in [1.82, 2.24) is 5.32 Å². The standard InChI is InChI=1S/C17H19NO5S/c1-22-13-4-2-3-11-9-12(10-23-14(11)13)15(19)18-17(16(20)21)5-7-24-8-6-17/h2-4,9H,5-8,10H2,1H3,(H,18,19)(H,20,21). The van der Waals surface area contributed by atoms with Gasteiger partial charge >= 0.3 is 5.97 Å². The minimum absolute atomic E-state index is 0.0870. The van der Waals surface area contributed by atoms with E-state index in [9.17, 15) is 14.7 Å². The van der Waals surface area contributed by atoms with Gasteiger partial charge in [0.2, 0.25) is 0 Å². The molecule has 7 heteroatoms. The third kappa shape index (κ3) is 3.08. The molecule has 1 saturated heterocycles. The average molecular weight is 349 g/mol. The number of hydrogen-bond donors (Lipinski definition) is 2. The Morgan fingerprint density at radius 2 is 2.08 bits per heavy atom. The Balaban J connectivity index is 1.82. The first-order valence-corrected chi connectivity index (χ1v) is 8.85. The number of carboxylic acid groups (broad SMARTS) is 1. The highest BCUT2D eigenvalue weighted by molar-refractivity contribution is 7.99. The first-order valence-electron chi connectivity index (χ1n) is 7.70. The quantitative estimate of drug-likeness (QED) is 0.864. The normalized spacial score (nSPS) is 18.6. The molecule has 1 aromatic rings. The van der Waals surface area contributed by atoms with Gasteiger partial charge in [0.05, 0.1) is 12.7 Å². The fraction of sp³-hybridized carbons (Fsp3) is 0.412. The van der Waals surface area contributed by atoms with Crippen molar-refractivity contribution in [3.63, 3.8) is 0 Å². The maximum atomic E-state index is 12.6. The Morgan fingerprint density at radius 3 is 2.75 bits per heavy atom. The van der Waals surface area contributed by atoms with Crippen molar-refractivity contribution in [3.05, 3.63) is 29.3 Å². The summed E-state index contributed by atoms with van der Waals surface area (Å²) in [5.41, 5.74) is -0.0263. The highest BCUT2D eigenvalue weighted by atomic mass is 32.2. The molecule has 128 valence electrons. The minimum Gasteiger partial charge on any atom is -0.493 e. The molecular formula is C17H19NO5S. The van der Waals surface area contributed by atoms with Crippen molar-refractivity contribution in [2.75, 3.05) is 25.2 Å². The molecule has 2 aliphatic rings. The predicted molar refractivity (Wildman–Crippen MR) is 91.5 cm³/mol. The molecular weight excluding hydrogens is 330 g/mol. The summed E-state index contributed by atoms with van der Waals surface area (Å²) in [7, 11) is 1.56. The molecule has 0 radical (unpaired) electrons. The Morgan fingerprint density at radius 1 is 1.33 bits per heavy atom. The number of ether oxygens (including phenoxy) is 2. The van der Waals surface area contributed by atoms with E-state index in [0.29, 0.717) is 29.9 Å². The number of nitrogens with one attached hydrogen (secondary N) is 1. The van der Waals surface area contributed by atoms with E-state index < -0.39 is 17.4 Å². The lowest BCUT2D eigenvalue weighted by Crippen LogP contribution is -2.57. The van der Waals surface area contributed by atoms with E-state index in [0.717, 1.165) is 17.1 Å². The molecule has 0 aliphatic carbocycles. The van der Waals surface area contributed by atoms with Crippen LogP contribution in [0.15, 0.2) is 23.8 Å². The van der Waals surface area contributed by atoms with E-state index in [1.54, 1.807) is 31.0 Å². The first kappa shape index (κ1) is 16.7. The number of hydrogen-bond acceptors (Lipinski definition) is 5. The zero-order valence-corrected chi connectivity index (χ0v) is 14.1. The van der Waals surface area contributed by atoms with E-state index in [2.05, 4.69) is 5.32 Å². The third-order valence-corrected chi connectivity index (χ3v) is 5.32. The van der Waals surface area contributed by atoms with Crippen LogP contribution in [0.25, 0.3) is 6.08 Å². The van der Waals surface area contributed by atoms with Gasteiger partial charge in [0.25, 0.3) is 5.91 Å². The van der Waals surface area contributed by atoms with Gasteiger partial charge in [-0.1, -0.05) is 12.1 Å². The summed E-state index contributed by atoms with van der Waals surface area (Å²) in [6.45, 7) is 0.0870. The highest BCUT2D eigenvalue weighted by Crippen LogP contribution is 2.36. The van der Waals surface area contributed by atoms with Crippen LogP contribution in [-0.4, -0.2) is 47.7 Å². The van der Waals surface area contributed by atoms with Gasteiger partial charge in [0.15, 0.2) is 11.5 Å². The number of fused-ring (bicyclic) bond motifs is 1. The first-order chi connectivity index (χ1) is 11.6. The van der Waals surface area contributed by atoms with Crippen LogP contribution >= 0.6 is 11.8 Å². The van der Waals surface area contributed by atoms with Crippen LogP contribution in [0.4, 0.5) is 0 Å². The highest BCUT2D eigenvalue weighted by Gasteiger charge is 2.42. The Labute approximate surface area is 144 Å². The molecule has 0 bridgehead atoms. The number of thioether (sulfide) groups is 1. The number of carboxylic acids is 1. The van der Waals surface area contributed by atoms with Crippen LogP contribution in [0, 0.1) is 0 Å². The topological polar surface area (TPSA) is 84.9 Å². The summed E-state index contributed by atoms with van der Waals surface area (Å²) in [6, 6.07) is 5.43. The molecule has 1 fully saturated rings. The summed E-state index contributed by atoms with van der Waals surface area (Å²) in [5, 5.41) is 12.3. The zero-order valence-electron chi connectivity index (χ0n) is 13.3. The number of carbonyl (C=O) groups excluding carboxylic acids is 1. The van der Waals surface area contributed by atoms with E-state index in [1.165, 1.54) is 0 Å². The van der Waals surface area contributed by atoms with Crippen molar-refractivity contribution >= 4 is 29.7 Å². The molecule has 2 aliphatic heterocycles. The maximum absolute atomic E-state index is 12.6. The number of carbonyl (C=O) groups is 2. The van der Waals surface area contributed by atoms with Crippen molar-refractivity contribution in [2.45, 2.75) is 18.4 Å². The minimum atomic E-state index is -1.18. The molecule has 2 N–H and O–H groups in total. The Bertz CT molecular complexity index is 694. The second-order valence-corrected chi connectivity index (χ2v) is 7.02. The molecule has 0 aromatic heterocycles. The van der Waals surface area contributed by atoms with Gasteiger partial charge in [-0.05, 0) is 36.5 Å². The number of para-hydroxylation sites is 1. The average Bonchev–Trinajstić information content (AvgIpc) is 2.61. The molecule has 0 atom stereocenters. The van der Waals surface area contributed by atoms with Crippen LogP contribution in [-0.2, 0) is 9.59 Å². The lowest BCUT2D eigenvalue weighted by molar-refractivity contribution is -0.147. The lowest BCUT2D eigenvalue weighted by Gasteiger charge is -2.34. The van der Waals surface area contributed by atoms with Crippen molar-refractivity contribution in [2.24, 2.45) is 0 Å². The van der Waals surface area contributed by atoms with Gasteiger partial charge in [-0.2, -0.15) is 11.8 Å². The fourth-order valence-corrected chi connectivity index (χ4v) is 4.07. The van der Waals surface area contributed by atoms with Crippen LogP contribution in [0.1, 0.15) is 18.4 Å². The molecule has 24 heavy (non-hydrogen) atoms. The van der Waals surface area contributed by atoms with E-state index >= 15 is 0 Å². The summed E-state index contributed by atoms with van der Waals surface area (Å²) in [4.78, 5) is 24.3. The number of aliphatic carboxylic acids is 1. The fourth-order valence-electron chi connectivity index (χ4n) is 2.88. The number of amides is 1. The molecule has 0 saturated carbocycles. The van der Waals surface area contributed by atoms with Gasteiger partial charge in [-0.25, -0.2) is 4.79 Å². The van der Waals surface area contributed by atoms with Crippen LogP contribution in [0.3, 0.4) is 0 Å². The van der Waals surface area contributed by atoms with Gasteiger partial charge in [0.1, 0.15) is 12.1 Å². The molecule has 0 unspecified atom stereocenters. The maximum Gasteiger partial charge on any atom is 0.329 e. The number of methoxy groups -OCH3 is 1. The van der Waals surface area contributed by atoms with Gasteiger partial charge in [-0.15, -0.1) is 0 Å². The number of benzene rings is 1. The van der Waals surface area contributed by atoms with E-state index in [4.69, 9.17) is 9.47 Å². The number of rotatable bonds is 4. The monoisotopic (exact) mass is 349 g/mol. The zero-order chi connectivity index (χ0) is 17.2. The molecule has 6 nitrogen and oxygen atoms in total. The second kappa shape index (κ2) is 6.76. The van der Waals surface area contributed by atoms with Gasteiger partial charge < -0.3 is 19.9 Å². The Hall–Kier alpha value is -2.15. The van der Waals surface area contributed by atoms with Crippen LogP contribution < -0.4 is 14.8 Å². The van der Waals surface area contributed by atoms with Crippen molar-refractivity contribution in [3.8, 4) is 11.5 Å². The SMILES string of the molecule is COc1cccc2c1OCC(C(=O)NC1(C(=O)O)CCSCC1)=C2. The van der Waals surface area contributed by atoms with Gasteiger partial charge in [-0.3, -0.25) is 4.79 Å².